The van der Waals surface area contributed by atoms with Crippen LogP contribution < -0.4 is 20.7 Å². The van der Waals surface area contributed by atoms with Crippen LogP contribution in [0.25, 0.3) is 22.3 Å². The highest BCUT2D eigenvalue weighted by Crippen LogP contribution is 2.36. The highest BCUT2D eigenvalue weighted by molar-refractivity contribution is 6.23. The van der Waals surface area contributed by atoms with Crippen molar-refractivity contribution in [2.45, 2.75) is 50.6 Å². The van der Waals surface area contributed by atoms with Gasteiger partial charge in [-0.05, 0) is 112 Å². The van der Waals surface area contributed by atoms with E-state index >= 15 is 0 Å². The van der Waals surface area contributed by atoms with Crippen molar-refractivity contribution in [2.75, 3.05) is 82.6 Å². The number of fused-ring (bicyclic) bond motifs is 2. The lowest BCUT2D eigenvalue weighted by Gasteiger charge is -2.39. The molecule has 2 atom stereocenters. The molecule has 7 heterocycles. The number of likely N-dealkylation sites (tertiary alicyclic amines) is 2. The van der Waals surface area contributed by atoms with Gasteiger partial charge in [0, 0.05) is 70.0 Å². The summed E-state index contributed by atoms with van der Waals surface area (Å²) in [6.07, 6.45) is 6.31. The number of aromatic nitrogens is 4. The molecule has 4 amide bonds. The van der Waals surface area contributed by atoms with Crippen molar-refractivity contribution in [1.82, 2.24) is 44.7 Å². The molecule has 0 spiro atoms. The van der Waals surface area contributed by atoms with Crippen molar-refractivity contribution in [1.29, 1.82) is 0 Å². The maximum absolute atomic E-state index is 13.4. The molecule has 0 radical (unpaired) electrons. The molecule has 63 heavy (non-hydrogen) atoms. The van der Waals surface area contributed by atoms with E-state index in [1.807, 2.05) is 60.7 Å². The number of nitrogens with one attached hydrogen (secondary N) is 1. The van der Waals surface area contributed by atoms with E-state index in [-0.39, 0.29) is 24.8 Å². The zero-order chi connectivity index (χ0) is 43.0. The average molecular weight is 852 g/mol. The fraction of sp³-hybridized carbons (Fsp3) is 0.426. The number of hydrogen-bond acceptors (Lipinski definition) is 13. The molecule has 5 aliphatic rings. The topological polar surface area (TPSA) is 175 Å². The molecular formula is C47H53N11O5. The van der Waals surface area contributed by atoms with Crippen molar-refractivity contribution < 1.29 is 23.9 Å². The number of carbonyl (C=O) groups excluding carboxylic acids is 4. The lowest BCUT2D eigenvalue weighted by Crippen LogP contribution is -2.54. The Hall–Kier alpha value is -6.23. The SMILES string of the molecule is Nc1ncnc2c1c(-c1ccc(Oc3ccccc3)cc1)nn2[C@@H]1CCCN(CC2CCN(CCN3CCN(c4ccc5c(c4)C(=O)N(C4CCC(=O)NC4=O)C5=O)CC3)CC2)C1. The number of para-hydroxylation sites is 1. The van der Waals surface area contributed by atoms with Crippen LogP contribution in [0, 0.1) is 5.92 Å². The molecule has 3 aromatic carbocycles. The summed E-state index contributed by atoms with van der Waals surface area (Å²) in [6, 6.07) is 22.3. The normalized spacial score (nSPS) is 21.9. The Labute approximate surface area is 366 Å². The Balaban J connectivity index is 0.691. The van der Waals surface area contributed by atoms with E-state index in [9.17, 15) is 19.2 Å². The fourth-order valence-corrected chi connectivity index (χ4v) is 10.1. The van der Waals surface area contributed by atoms with Gasteiger partial charge in [-0.1, -0.05) is 18.2 Å². The number of benzene rings is 3. The van der Waals surface area contributed by atoms with Crippen LogP contribution in [-0.2, 0) is 9.59 Å². The van der Waals surface area contributed by atoms with Crippen LogP contribution in [0.1, 0.15) is 65.3 Å². The van der Waals surface area contributed by atoms with E-state index in [1.165, 1.54) is 19.2 Å². The number of nitrogens with two attached hydrogens (primary N) is 1. The molecule has 326 valence electrons. The third-order valence-electron chi connectivity index (χ3n) is 13.6. The molecule has 16 heteroatoms. The maximum Gasteiger partial charge on any atom is 0.262 e. The van der Waals surface area contributed by atoms with Gasteiger partial charge < -0.3 is 25.2 Å². The van der Waals surface area contributed by atoms with E-state index in [1.54, 1.807) is 12.1 Å². The molecule has 10 rings (SSSR count). The molecule has 0 aliphatic carbocycles. The van der Waals surface area contributed by atoms with Gasteiger partial charge in [0.05, 0.1) is 22.6 Å². The van der Waals surface area contributed by atoms with E-state index in [0.29, 0.717) is 22.9 Å². The second-order valence-corrected chi connectivity index (χ2v) is 17.5. The summed E-state index contributed by atoms with van der Waals surface area (Å²) in [7, 11) is 0. The first-order valence-corrected chi connectivity index (χ1v) is 22.4. The van der Waals surface area contributed by atoms with Gasteiger partial charge in [0.2, 0.25) is 11.8 Å². The Morgan fingerprint density at radius 1 is 0.730 bits per heavy atom. The number of carbonyl (C=O) groups is 4. The Morgan fingerprint density at radius 3 is 2.22 bits per heavy atom. The second kappa shape index (κ2) is 17.5. The first kappa shape index (κ1) is 40.8. The summed E-state index contributed by atoms with van der Waals surface area (Å²) < 4.78 is 8.13. The van der Waals surface area contributed by atoms with Gasteiger partial charge in [-0.2, -0.15) is 5.10 Å². The molecule has 2 aromatic heterocycles. The Bertz CT molecular complexity index is 2510. The highest BCUT2D eigenvalue weighted by Gasteiger charge is 2.45. The molecule has 3 N–H and O–H groups in total. The van der Waals surface area contributed by atoms with Crippen molar-refractivity contribution in [3.8, 4) is 22.8 Å². The number of imide groups is 2. The van der Waals surface area contributed by atoms with Gasteiger partial charge in [-0.25, -0.2) is 14.6 Å². The largest absolute Gasteiger partial charge is 0.457 e. The van der Waals surface area contributed by atoms with Crippen LogP contribution in [0.5, 0.6) is 11.5 Å². The molecule has 4 saturated heterocycles. The van der Waals surface area contributed by atoms with Gasteiger partial charge in [0.15, 0.2) is 5.65 Å². The summed E-state index contributed by atoms with van der Waals surface area (Å²) in [6.45, 7) is 10.9. The van der Waals surface area contributed by atoms with Crippen molar-refractivity contribution in [3.63, 3.8) is 0 Å². The van der Waals surface area contributed by atoms with Crippen LogP contribution in [0.3, 0.4) is 0 Å². The summed E-state index contributed by atoms with van der Waals surface area (Å²) in [5, 5.41) is 8.22. The lowest BCUT2D eigenvalue weighted by atomic mass is 9.94. The molecule has 0 bridgehead atoms. The standard InChI is InChI=1S/C47H53N11O5/c48-43-41-42(32-8-11-36(12-9-32)63-35-6-2-1-3-7-35)52-58(44(41)50-30-49-43)34-5-4-18-55(29-34)28-31-16-19-53(20-17-31)21-22-54-23-25-56(26-24-54)33-10-13-37-38(27-33)47(62)57(46(37)61)39-14-15-40(59)51-45(39)60/h1-3,6-13,27,30-31,34,39H,4-5,14-26,28-29H2,(H2,48,49,50)(H,51,59,60)/t34-,39?/m1/s1. The average Bonchev–Trinajstić information content (AvgIpc) is 3.82. The molecule has 16 nitrogen and oxygen atoms in total. The minimum Gasteiger partial charge on any atom is -0.457 e. The van der Waals surface area contributed by atoms with Gasteiger partial charge in [-0.15, -0.1) is 0 Å². The van der Waals surface area contributed by atoms with Crippen LogP contribution >= 0.6 is 0 Å². The number of hydrogen-bond donors (Lipinski definition) is 2. The van der Waals surface area contributed by atoms with Crippen molar-refractivity contribution >= 4 is 46.2 Å². The number of anilines is 2. The molecule has 0 saturated carbocycles. The van der Waals surface area contributed by atoms with E-state index in [4.69, 9.17) is 20.6 Å². The minimum atomic E-state index is -0.963. The van der Waals surface area contributed by atoms with E-state index < -0.39 is 23.8 Å². The minimum absolute atomic E-state index is 0.101. The summed E-state index contributed by atoms with van der Waals surface area (Å²) in [5.74, 6) is 0.704. The van der Waals surface area contributed by atoms with Crippen LogP contribution in [0.4, 0.5) is 11.5 Å². The first-order chi connectivity index (χ1) is 30.8. The zero-order valence-electron chi connectivity index (χ0n) is 35.4. The summed E-state index contributed by atoms with van der Waals surface area (Å²) in [5.41, 5.74) is 10.5. The molecular weight excluding hydrogens is 799 g/mol. The number of piperidine rings is 3. The summed E-state index contributed by atoms with van der Waals surface area (Å²) >= 11 is 0. The van der Waals surface area contributed by atoms with Crippen LogP contribution in [0.15, 0.2) is 79.1 Å². The highest BCUT2D eigenvalue weighted by atomic mass is 16.5. The van der Waals surface area contributed by atoms with E-state index in [0.717, 1.165) is 129 Å². The summed E-state index contributed by atoms with van der Waals surface area (Å²) in [4.78, 5) is 70.7. The molecule has 1 unspecified atom stereocenters. The number of rotatable bonds is 11. The van der Waals surface area contributed by atoms with Gasteiger partial charge in [0.25, 0.3) is 11.8 Å². The van der Waals surface area contributed by atoms with Gasteiger partial charge in [0.1, 0.15) is 35.4 Å². The quantitative estimate of drug-likeness (QED) is 0.179. The smallest absolute Gasteiger partial charge is 0.262 e. The fourth-order valence-electron chi connectivity index (χ4n) is 10.1. The van der Waals surface area contributed by atoms with Crippen LogP contribution in [-0.4, -0.2) is 141 Å². The molecule has 4 fully saturated rings. The lowest BCUT2D eigenvalue weighted by molar-refractivity contribution is -0.136. The maximum atomic E-state index is 13.4. The molecule has 5 aliphatic heterocycles. The van der Waals surface area contributed by atoms with Crippen molar-refractivity contribution in [3.05, 3.63) is 90.3 Å². The third-order valence-corrected chi connectivity index (χ3v) is 13.6. The van der Waals surface area contributed by atoms with Gasteiger partial charge in [-0.3, -0.25) is 34.3 Å². The predicted molar refractivity (Wildman–Crippen MR) is 237 cm³/mol. The van der Waals surface area contributed by atoms with E-state index in [2.05, 4.69) is 34.6 Å². The Morgan fingerprint density at radius 2 is 1.46 bits per heavy atom. The van der Waals surface area contributed by atoms with Crippen LogP contribution in [0.2, 0.25) is 0 Å². The third kappa shape index (κ3) is 8.37. The zero-order valence-corrected chi connectivity index (χ0v) is 35.4. The Kier molecular flexibility index (Phi) is 11.3. The number of nitrogens with zero attached hydrogens (tertiary/aromatic N) is 9. The second-order valence-electron chi connectivity index (χ2n) is 17.5. The predicted octanol–water partition coefficient (Wildman–Crippen LogP) is 4.44. The number of piperazine rings is 1. The van der Waals surface area contributed by atoms with Crippen molar-refractivity contribution in [2.24, 2.45) is 5.92 Å². The number of ether oxygens (including phenoxy) is 1. The number of nitrogen functional groups attached to an aromatic ring is 1. The van der Waals surface area contributed by atoms with Gasteiger partial charge >= 0.3 is 0 Å². The number of amides is 4. The monoisotopic (exact) mass is 851 g/mol. The molecule has 5 aromatic rings. The first-order valence-electron chi connectivity index (χ1n) is 22.4.